The Kier molecular flexibility index (Phi) is 5.94. The monoisotopic (exact) mass is 441 g/mol. The lowest BCUT2D eigenvalue weighted by molar-refractivity contribution is 0.0728. The molecule has 1 amide bonds. The van der Waals surface area contributed by atoms with Gasteiger partial charge < -0.3 is 9.64 Å². The molecule has 0 saturated heterocycles. The fourth-order valence-electron chi connectivity index (χ4n) is 3.22. The van der Waals surface area contributed by atoms with E-state index in [1.54, 1.807) is 17.0 Å². The van der Waals surface area contributed by atoms with Gasteiger partial charge in [0.1, 0.15) is 5.75 Å². The highest BCUT2D eigenvalue weighted by atomic mass is 35.5. The van der Waals surface area contributed by atoms with E-state index in [4.69, 9.17) is 27.9 Å². The number of ether oxygens (including phenoxy) is 1. The van der Waals surface area contributed by atoms with Crippen molar-refractivity contribution in [3.05, 3.63) is 57.1 Å². The fraction of sp³-hybridized carbons (Fsp3) is 0.350. The maximum absolute atomic E-state index is 13.2. The second-order valence-corrected chi connectivity index (χ2v) is 9.96. The number of hydrogen-bond acceptors (Lipinski definition) is 4. The molecule has 0 fully saturated rings. The van der Waals surface area contributed by atoms with E-state index in [-0.39, 0.29) is 22.5 Å². The standard InChI is InChI=1S/C20H21Cl2NO4S/c1-12(2)27-19-5-4-15(28(3,25)26)10-17(19)20(24)23-7-6-16-13(11-23)8-14(21)9-18(16)22/h4-5,8-10,12H,6-7,11H2,1-3H3. The summed E-state index contributed by atoms with van der Waals surface area (Å²) in [6, 6.07) is 7.88. The number of halogens is 2. The van der Waals surface area contributed by atoms with Crippen molar-refractivity contribution in [1.29, 1.82) is 0 Å². The van der Waals surface area contributed by atoms with Crippen LogP contribution in [0, 0.1) is 0 Å². The third kappa shape index (κ3) is 4.45. The van der Waals surface area contributed by atoms with Crippen LogP contribution in [0.4, 0.5) is 0 Å². The summed E-state index contributed by atoms with van der Waals surface area (Å²) in [5.74, 6) is 0.0743. The molecule has 0 unspecified atom stereocenters. The number of fused-ring (bicyclic) bond motifs is 1. The summed E-state index contributed by atoms with van der Waals surface area (Å²) in [5.41, 5.74) is 2.11. The van der Waals surface area contributed by atoms with Crippen LogP contribution in [0.1, 0.15) is 35.3 Å². The van der Waals surface area contributed by atoms with Crippen molar-refractivity contribution in [2.75, 3.05) is 12.8 Å². The SMILES string of the molecule is CC(C)Oc1ccc(S(C)(=O)=O)cc1C(=O)N1CCc2c(Cl)cc(Cl)cc2C1. The molecule has 8 heteroatoms. The quantitative estimate of drug-likeness (QED) is 0.705. The first-order valence-electron chi connectivity index (χ1n) is 8.83. The summed E-state index contributed by atoms with van der Waals surface area (Å²) in [5, 5.41) is 1.11. The van der Waals surface area contributed by atoms with Crippen molar-refractivity contribution in [3.8, 4) is 5.75 Å². The Morgan fingerprint density at radius 3 is 2.54 bits per heavy atom. The van der Waals surface area contributed by atoms with Crippen LogP contribution >= 0.6 is 23.2 Å². The van der Waals surface area contributed by atoms with Gasteiger partial charge in [0.2, 0.25) is 0 Å². The van der Waals surface area contributed by atoms with Crippen molar-refractivity contribution < 1.29 is 17.9 Å². The first-order chi connectivity index (χ1) is 13.1. The van der Waals surface area contributed by atoms with Gasteiger partial charge in [-0.1, -0.05) is 23.2 Å². The Morgan fingerprint density at radius 1 is 1.18 bits per heavy atom. The van der Waals surface area contributed by atoms with Gasteiger partial charge >= 0.3 is 0 Å². The first kappa shape index (κ1) is 21.0. The third-order valence-electron chi connectivity index (χ3n) is 4.51. The largest absolute Gasteiger partial charge is 0.490 e. The molecule has 0 N–H and O–H groups in total. The van der Waals surface area contributed by atoms with E-state index < -0.39 is 9.84 Å². The predicted molar refractivity (Wildman–Crippen MR) is 110 cm³/mol. The zero-order valence-corrected chi connectivity index (χ0v) is 18.2. The molecule has 3 rings (SSSR count). The van der Waals surface area contributed by atoms with Crippen molar-refractivity contribution in [2.24, 2.45) is 0 Å². The summed E-state index contributed by atoms with van der Waals surface area (Å²) in [6.45, 7) is 4.51. The Hall–Kier alpha value is -1.76. The van der Waals surface area contributed by atoms with Crippen LogP contribution < -0.4 is 4.74 Å². The number of sulfone groups is 1. The van der Waals surface area contributed by atoms with E-state index >= 15 is 0 Å². The molecule has 2 aromatic carbocycles. The number of amides is 1. The van der Waals surface area contributed by atoms with Crippen LogP contribution in [0.15, 0.2) is 35.2 Å². The van der Waals surface area contributed by atoms with E-state index in [1.165, 1.54) is 18.2 Å². The van der Waals surface area contributed by atoms with Gasteiger partial charge in [0.15, 0.2) is 9.84 Å². The van der Waals surface area contributed by atoms with Crippen molar-refractivity contribution in [3.63, 3.8) is 0 Å². The summed E-state index contributed by atoms with van der Waals surface area (Å²) >= 11 is 12.4. The first-order valence-corrected chi connectivity index (χ1v) is 11.5. The van der Waals surface area contributed by atoms with Crippen molar-refractivity contribution >= 4 is 38.9 Å². The number of benzene rings is 2. The number of nitrogens with zero attached hydrogens (tertiary/aromatic N) is 1. The molecule has 5 nitrogen and oxygen atoms in total. The maximum atomic E-state index is 13.2. The Balaban J connectivity index is 1.99. The Labute approximate surface area is 175 Å². The van der Waals surface area contributed by atoms with Gasteiger partial charge in [-0.25, -0.2) is 8.42 Å². The van der Waals surface area contributed by atoms with Gasteiger partial charge in [-0.15, -0.1) is 0 Å². The molecular weight excluding hydrogens is 421 g/mol. The molecule has 0 aromatic heterocycles. The van der Waals surface area contributed by atoms with Gasteiger partial charge in [-0.05, 0) is 61.7 Å². The van der Waals surface area contributed by atoms with Crippen LogP contribution in [0.25, 0.3) is 0 Å². The van der Waals surface area contributed by atoms with Gasteiger partial charge in [-0.3, -0.25) is 4.79 Å². The minimum Gasteiger partial charge on any atom is -0.490 e. The van der Waals surface area contributed by atoms with Gasteiger partial charge in [0, 0.05) is 29.4 Å². The summed E-state index contributed by atoms with van der Waals surface area (Å²) in [4.78, 5) is 15.0. The van der Waals surface area contributed by atoms with Crippen molar-refractivity contribution in [1.82, 2.24) is 4.90 Å². The normalized spacial score (nSPS) is 14.1. The van der Waals surface area contributed by atoms with Crippen LogP contribution in [0.3, 0.4) is 0 Å². The van der Waals surface area contributed by atoms with E-state index in [9.17, 15) is 13.2 Å². The van der Waals surface area contributed by atoms with E-state index in [0.717, 1.165) is 17.4 Å². The predicted octanol–water partition coefficient (Wildman–Crippen LogP) is 4.38. The van der Waals surface area contributed by atoms with E-state index in [1.807, 2.05) is 13.8 Å². The molecule has 0 bridgehead atoms. The molecule has 150 valence electrons. The lowest BCUT2D eigenvalue weighted by Gasteiger charge is -2.30. The number of rotatable bonds is 4. The molecule has 1 aliphatic heterocycles. The second kappa shape index (κ2) is 7.93. The topological polar surface area (TPSA) is 63.7 Å². The summed E-state index contributed by atoms with van der Waals surface area (Å²) in [7, 11) is -3.46. The highest BCUT2D eigenvalue weighted by Crippen LogP contribution is 2.32. The summed E-state index contributed by atoms with van der Waals surface area (Å²) in [6.07, 6.45) is 1.56. The molecule has 0 spiro atoms. The fourth-order valence-corrected chi connectivity index (χ4v) is 4.49. The number of carbonyl (C=O) groups is 1. The highest BCUT2D eigenvalue weighted by Gasteiger charge is 2.27. The third-order valence-corrected chi connectivity index (χ3v) is 6.17. The number of hydrogen-bond donors (Lipinski definition) is 0. The molecule has 0 saturated carbocycles. The van der Waals surface area contributed by atoms with E-state index in [2.05, 4.69) is 0 Å². The van der Waals surface area contributed by atoms with E-state index in [0.29, 0.717) is 35.3 Å². The Bertz CT molecular complexity index is 1030. The van der Waals surface area contributed by atoms with Crippen LogP contribution in [-0.2, 0) is 22.8 Å². The minimum absolute atomic E-state index is 0.0791. The molecule has 0 aliphatic carbocycles. The average Bonchev–Trinajstić information content (AvgIpc) is 2.59. The molecule has 28 heavy (non-hydrogen) atoms. The van der Waals surface area contributed by atoms with Crippen LogP contribution in [0.5, 0.6) is 5.75 Å². The minimum atomic E-state index is -3.46. The lowest BCUT2D eigenvalue weighted by atomic mass is 9.99. The number of carbonyl (C=O) groups excluding carboxylic acids is 1. The van der Waals surface area contributed by atoms with Gasteiger partial charge in [-0.2, -0.15) is 0 Å². The van der Waals surface area contributed by atoms with Gasteiger partial charge in [0.25, 0.3) is 5.91 Å². The zero-order valence-electron chi connectivity index (χ0n) is 15.8. The average molecular weight is 442 g/mol. The smallest absolute Gasteiger partial charge is 0.257 e. The summed E-state index contributed by atoms with van der Waals surface area (Å²) < 4.78 is 29.7. The molecule has 2 aromatic rings. The lowest BCUT2D eigenvalue weighted by Crippen LogP contribution is -2.36. The molecular formula is C20H21Cl2NO4S. The molecule has 0 radical (unpaired) electrons. The van der Waals surface area contributed by atoms with Gasteiger partial charge in [0.05, 0.1) is 16.6 Å². The van der Waals surface area contributed by atoms with Crippen LogP contribution in [0.2, 0.25) is 10.0 Å². The maximum Gasteiger partial charge on any atom is 0.257 e. The molecule has 0 atom stereocenters. The van der Waals surface area contributed by atoms with Crippen molar-refractivity contribution in [2.45, 2.75) is 37.8 Å². The molecule has 1 heterocycles. The molecule has 1 aliphatic rings. The zero-order chi connectivity index (χ0) is 20.6. The van der Waals surface area contributed by atoms with Crippen LogP contribution in [-0.4, -0.2) is 38.1 Å². The Morgan fingerprint density at radius 2 is 1.89 bits per heavy atom. The highest BCUT2D eigenvalue weighted by molar-refractivity contribution is 7.90. The second-order valence-electron chi connectivity index (χ2n) is 7.10.